The van der Waals surface area contributed by atoms with Gasteiger partial charge in [-0.3, -0.25) is 0 Å². The minimum absolute atomic E-state index is 0. The third-order valence-electron chi connectivity index (χ3n) is 0.632. The zero-order chi connectivity index (χ0) is 10.8. The SMILES string of the molecule is C=O.C=O.C[CH2][Sb+][CH3].C[CH2][Sb+][CH3].[O-2]. The van der Waals surface area contributed by atoms with Gasteiger partial charge in [0.05, 0.1) is 0 Å². The molecule has 3 nitrogen and oxygen atoms in total. The van der Waals surface area contributed by atoms with Crippen LogP contribution in [0.5, 0.6) is 0 Å². The normalized spacial score (nSPS) is 5.23. The van der Waals surface area contributed by atoms with E-state index in [0.717, 1.165) is 0 Å². The minimum Gasteiger partial charge on any atom is -2.00 e. The molecule has 0 aliphatic carbocycles. The van der Waals surface area contributed by atoms with Gasteiger partial charge in [-0.25, -0.2) is 0 Å². The first-order chi connectivity index (χ1) is 5.83. The Morgan fingerprint density at radius 1 is 0.846 bits per heavy atom. The maximum Gasteiger partial charge on any atom is -2.00 e. The van der Waals surface area contributed by atoms with Crippen molar-refractivity contribution in [2.45, 2.75) is 32.3 Å². The Kier molecular flexibility index (Phi) is 170. The van der Waals surface area contributed by atoms with Crippen molar-refractivity contribution < 1.29 is 15.1 Å². The van der Waals surface area contributed by atoms with E-state index in [1.54, 1.807) is 0 Å². The van der Waals surface area contributed by atoms with Gasteiger partial charge in [-0.05, 0) is 0 Å². The van der Waals surface area contributed by atoms with Crippen LogP contribution in [0.1, 0.15) is 13.8 Å². The van der Waals surface area contributed by atoms with Crippen molar-refractivity contribution in [2.24, 2.45) is 0 Å². The van der Waals surface area contributed by atoms with Crippen molar-refractivity contribution >= 4 is 56.8 Å². The Bertz CT molecular complexity index is 38.4. The van der Waals surface area contributed by atoms with Gasteiger partial charge in [-0.2, -0.15) is 0 Å². The summed E-state index contributed by atoms with van der Waals surface area (Å²) < 4.78 is 2.94. The Morgan fingerprint density at radius 3 is 0.923 bits per heavy atom. The van der Waals surface area contributed by atoms with Crippen molar-refractivity contribution in [1.82, 2.24) is 0 Å². The van der Waals surface area contributed by atoms with E-state index in [1.807, 2.05) is 13.6 Å². The van der Waals surface area contributed by atoms with Crippen LogP contribution >= 0.6 is 0 Å². The number of hydrogen-bond acceptors (Lipinski definition) is 2. The van der Waals surface area contributed by atoms with E-state index >= 15 is 0 Å². The van der Waals surface area contributed by atoms with Gasteiger partial charge >= 0.3 is 75.6 Å². The zero-order valence-electron chi connectivity index (χ0n) is 8.95. The first kappa shape index (κ1) is 29.2. The van der Waals surface area contributed by atoms with E-state index < -0.39 is 0 Å². The summed E-state index contributed by atoms with van der Waals surface area (Å²) in [5, 5.41) is 0. The molecule has 0 N–H and O–H groups in total. The van der Waals surface area contributed by atoms with E-state index in [0.29, 0.717) is 43.2 Å². The van der Waals surface area contributed by atoms with Gasteiger partial charge in [-0.1, -0.05) is 0 Å². The molecule has 0 aliphatic heterocycles. The molecule has 0 unspecified atom stereocenters. The van der Waals surface area contributed by atoms with Crippen LogP contribution in [-0.2, 0) is 15.1 Å². The topological polar surface area (TPSA) is 62.6 Å². The van der Waals surface area contributed by atoms with Crippen molar-refractivity contribution in [1.29, 1.82) is 0 Å². The van der Waals surface area contributed by atoms with Crippen LogP contribution in [0.2, 0.25) is 18.5 Å². The molecule has 0 bridgehead atoms. The third kappa shape index (κ3) is 179. The average Bonchev–Trinajstić information content (AvgIpc) is 2.23. The molecule has 4 radical (unpaired) electrons. The minimum atomic E-state index is 0. The van der Waals surface area contributed by atoms with E-state index in [1.165, 1.54) is 8.73 Å². The van der Waals surface area contributed by atoms with Crippen LogP contribution in [0.3, 0.4) is 0 Å². The fourth-order valence-electron chi connectivity index (χ4n) is 0. The molecule has 13 heavy (non-hydrogen) atoms. The standard InChI is InChI=1S/2C2H5.2CH2O.2CH3.O.2Sb/c4*1-2;;;;;/h2*1H2,2H3;2*1H2;2*1H3;;;/q;;;;;;-2;2*+1. The molecule has 0 aromatic carbocycles. The van der Waals surface area contributed by atoms with Gasteiger partial charge in [0.25, 0.3) is 0 Å². The quantitative estimate of drug-likeness (QED) is 0.656. The van der Waals surface area contributed by atoms with Gasteiger partial charge in [0.1, 0.15) is 13.6 Å². The number of carbonyl (C=O) groups is 2. The summed E-state index contributed by atoms with van der Waals surface area (Å²) >= 11 is 0.706. The van der Waals surface area contributed by atoms with Gasteiger partial charge in [0.15, 0.2) is 0 Å². The molecular weight excluding hydrogens is 388 g/mol. The molecular formula is C8H20O3Sb2. The van der Waals surface area contributed by atoms with Crippen LogP contribution < -0.4 is 0 Å². The number of carbonyl (C=O) groups excluding carboxylic acids is 2. The van der Waals surface area contributed by atoms with Gasteiger partial charge in [0.2, 0.25) is 0 Å². The number of rotatable bonds is 2. The maximum absolute atomic E-state index is 8.00. The molecule has 5 heteroatoms. The van der Waals surface area contributed by atoms with Crippen molar-refractivity contribution in [3.05, 3.63) is 0 Å². The summed E-state index contributed by atoms with van der Waals surface area (Å²) in [5.41, 5.74) is 0. The second-order valence-corrected chi connectivity index (χ2v) is 8.49. The summed E-state index contributed by atoms with van der Waals surface area (Å²) in [7, 11) is 0. The second kappa shape index (κ2) is 75.6. The van der Waals surface area contributed by atoms with E-state index in [4.69, 9.17) is 9.59 Å². The Labute approximate surface area is 103 Å². The monoisotopic (exact) mass is 406 g/mol. The Hall–Kier alpha value is 0.936. The predicted octanol–water partition coefficient (Wildman–Crippen LogP) is 1.87. The van der Waals surface area contributed by atoms with Crippen LogP contribution in [0.4, 0.5) is 0 Å². The Balaban J connectivity index is -0.0000000226. The number of hydrogen-bond donors (Lipinski definition) is 0. The van der Waals surface area contributed by atoms with Crippen molar-refractivity contribution in [3.8, 4) is 0 Å². The van der Waals surface area contributed by atoms with Crippen LogP contribution in [0.15, 0.2) is 0 Å². The molecule has 0 rings (SSSR count). The summed E-state index contributed by atoms with van der Waals surface area (Å²) in [4.78, 5) is 20.7. The molecule has 0 heterocycles. The Morgan fingerprint density at radius 2 is 0.923 bits per heavy atom. The first-order valence-corrected chi connectivity index (χ1v) is 12.2. The zero-order valence-corrected chi connectivity index (χ0v) is 14.1. The predicted molar refractivity (Wildman–Crippen MR) is 59.1 cm³/mol. The summed E-state index contributed by atoms with van der Waals surface area (Å²) in [6.07, 6.45) is 0. The van der Waals surface area contributed by atoms with E-state index in [2.05, 4.69) is 23.6 Å². The molecule has 0 spiro atoms. The van der Waals surface area contributed by atoms with Crippen molar-refractivity contribution in [3.63, 3.8) is 0 Å². The molecule has 0 aliphatic rings. The molecule has 0 atom stereocenters. The fraction of sp³-hybridized carbons (Fsp3) is 0.750. The molecule has 0 saturated heterocycles. The van der Waals surface area contributed by atoms with Crippen LogP contribution in [0, 0.1) is 0 Å². The molecule has 0 fully saturated rings. The molecule has 0 aromatic heterocycles. The maximum atomic E-state index is 8.00. The van der Waals surface area contributed by atoms with Gasteiger partial charge < -0.3 is 15.1 Å². The van der Waals surface area contributed by atoms with Crippen LogP contribution in [0.25, 0.3) is 0 Å². The molecule has 80 valence electrons. The first-order valence-electron chi connectivity index (χ1n) is 3.52. The summed E-state index contributed by atoms with van der Waals surface area (Å²) in [5.74, 6) is 0. The molecule has 0 aromatic rings. The second-order valence-electron chi connectivity index (χ2n) is 1.26. The van der Waals surface area contributed by atoms with Gasteiger partial charge in [0, 0.05) is 0 Å². The third-order valence-corrected chi connectivity index (χ3v) is 4.24. The van der Waals surface area contributed by atoms with Crippen molar-refractivity contribution in [2.75, 3.05) is 0 Å². The van der Waals surface area contributed by atoms with Gasteiger partial charge in [-0.15, -0.1) is 0 Å². The summed E-state index contributed by atoms with van der Waals surface area (Å²) in [6, 6.07) is 0. The molecule has 0 amide bonds. The fourth-order valence-corrected chi connectivity index (χ4v) is 0. The van der Waals surface area contributed by atoms with E-state index in [-0.39, 0.29) is 5.48 Å². The molecule has 0 saturated carbocycles. The smallest absolute Gasteiger partial charge is 2.00 e. The summed E-state index contributed by atoms with van der Waals surface area (Å²) in [6.45, 7) is 8.49. The van der Waals surface area contributed by atoms with E-state index in [9.17, 15) is 0 Å². The largest absolute Gasteiger partial charge is 2.00 e. The van der Waals surface area contributed by atoms with Crippen LogP contribution in [-0.4, -0.2) is 56.8 Å². The average molecular weight is 408 g/mol.